The topological polar surface area (TPSA) is 57.6 Å². The second-order valence-corrected chi connectivity index (χ2v) is 5.10. The summed E-state index contributed by atoms with van der Waals surface area (Å²) < 4.78 is 0. The number of carbonyl (C=O) groups is 2. The Morgan fingerprint density at radius 3 is 2.12 bits per heavy atom. The highest BCUT2D eigenvalue weighted by atomic mass is 16.4. The first-order valence-electron chi connectivity index (χ1n) is 6.29. The zero-order valence-corrected chi connectivity index (χ0v) is 11.6. The Labute approximate surface area is 104 Å². The molecule has 0 rings (SSSR count). The van der Waals surface area contributed by atoms with Gasteiger partial charge in [0.1, 0.15) is 0 Å². The fraction of sp³-hybridized carbons (Fsp3) is 0.846. The van der Waals surface area contributed by atoms with Crippen molar-refractivity contribution < 1.29 is 14.7 Å². The molecular formula is C13H25NO3. The second kappa shape index (κ2) is 7.30. The third kappa shape index (κ3) is 5.20. The molecular weight excluding hydrogens is 218 g/mol. The van der Waals surface area contributed by atoms with Crippen LogP contribution in [0.15, 0.2) is 0 Å². The van der Waals surface area contributed by atoms with Crippen LogP contribution < -0.4 is 0 Å². The number of nitrogens with zero attached hydrogens (tertiary/aromatic N) is 1. The predicted molar refractivity (Wildman–Crippen MR) is 67.7 cm³/mol. The van der Waals surface area contributed by atoms with E-state index in [4.69, 9.17) is 5.11 Å². The van der Waals surface area contributed by atoms with Crippen LogP contribution in [0.25, 0.3) is 0 Å². The lowest BCUT2D eigenvalue weighted by atomic mass is 9.90. The highest BCUT2D eigenvalue weighted by Gasteiger charge is 2.26. The van der Waals surface area contributed by atoms with Crippen LogP contribution in [0.3, 0.4) is 0 Å². The van der Waals surface area contributed by atoms with E-state index < -0.39 is 11.9 Å². The van der Waals surface area contributed by atoms with Gasteiger partial charge >= 0.3 is 5.97 Å². The molecule has 0 aliphatic carbocycles. The van der Waals surface area contributed by atoms with Crippen LogP contribution >= 0.6 is 0 Å². The molecule has 1 N–H and O–H groups in total. The molecule has 2 atom stereocenters. The van der Waals surface area contributed by atoms with E-state index in [1.54, 1.807) is 18.9 Å². The number of hydrogen-bond donors (Lipinski definition) is 1. The Morgan fingerprint density at radius 2 is 1.76 bits per heavy atom. The molecule has 4 heteroatoms. The van der Waals surface area contributed by atoms with E-state index in [2.05, 4.69) is 6.92 Å². The minimum absolute atomic E-state index is 0.00555. The highest BCUT2D eigenvalue weighted by Crippen LogP contribution is 2.19. The van der Waals surface area contributed by atoms with Crippen molar-refractivity contribution >= 4 is 11.9 Å². The summed E-state index contributed by atoms with van der Waals surface area (Å²) in [6.45, 7) is 8.03. The van der Waals surface area contributed by atoms with Crippen LogP contribution in [-0.2, 0) is 9.59 Å². The number of amides is 1. The zero-order valence-electron chi connectivity index (χ0n) is 11.6. The van der Waals surface area contributed by atoms with Crippen molar-refractivity contribution in [1.82, 2.24) is 4.90 Å². The maximum atomic E-state index is 12.2. The molecule has 0 spiro atoms. The first-order valence-corrected chi connectivity index (χ1v) is 6.29. The van der Waals surface area contributed by atoms with E-state index in [0.29, 0.717) is 5.92 Å². The van der Waals surface area contributed by atoms with Crippen molar-refractivity contribution in [2.24, 2.45) is 17.8 Å². The van der Waals surface area contributed by atoms with Gasteiger partial charge in [-0.2, -0.15) is 0 Å². The van der Waals surface area contributed by atoms with Crippen molar-refractivity contribution in [2.45, 2.75) is 40.5 Å². The first-order chi connectivity index (χ1) is 7.81. The summed E-state index contributed by atoms with van der Waals surface area (Å²) in [5, 5.41) is 8.83. The van der Waals surface area contributed by atoms with Gasteiger partial charge in [0.05, 0.1) is 5.92 Å². The number of rotatable bonds is 7. The van der Waals surface area contributed by atoms with E-state index in [-0.39, 0.29) is 18.4 Å². The van der Waals surface area contributed by atoms with Gasteiger partial charge in [-0.3, -0.25) is 9.59 Å². The van der Waals surface area contributed by atoms with Gasteiger partial charge in [0, 0.05) is 19.5 Å². The normalized spacial score (nSPS) is 14.5. The molecule has 17 heavy (non-hydrogen) atoms. The lowest BCUT2D eigenvalue weighted by Gasteiger charge is -2.27. The summed E-state index contributed by atoms with van der Waals surface area (Å²) in [6.07, 6.45) is 1.83. The molecule has 0 aliphatic rings. The van der Waals surface area contributed by atoms with Crippen molar-refractivity contribution in [2.75, 3.05) is 13.6 Å². The van der Waals surface area contributed by atoms with Gasteiger partial charge in [-0.15, -0.1) is 0 Å². The maximum Gasteiger partial charge on any atom is 0.308 e. The van der Waals surface area contributed by atoms with Gasteiger partial charge in [-0.05, 0) is 12.3 Å². The third-order valence-electron chi connectivity index (χ3n) is 3.07. The molecule has 0 aromatic carbocycles. The van der Waals surface area contributed by atoms with Gasteiger partial charge in [0.15, 0.2) is 0 Å². The molecule has 4 nitrogen and oxygen atoms in total. The number of aliphatic carboxylic acids is 1. The average molecular weight is 243 g/mol. The van der Waals surface area contributed by atoms with E-state index in [9.17, 15) is 9.59 Å². The van der Waals surface area contributed by atoms with Gasteiger partial charge < -0.3 is 10.0 Å². The number of carbonyl (C=O) groups excluding carboxylic acids is 1. The summed E-state index contributed by atoms with van der Waals surface area (Å²) in [5.74, 6) is -1.01. The quantitative estimate of drug-likeness (QED) is 0.746. The van der Waals surface area contributed by atoms with Crippen LogP contribution in [-0.4, -0.2) is 35.5 Å². The largest absolute Gasteiger partial charge is 0.481 e. The Morgan fingerprint density at radius 1 is 1.24 bits per heavy atom. The summed E-state index contributed by atoms with van der Waals surface area (Å²) >= 11 is 0. The van der Waals surface area contributed by atoms with E-state index in [1.165, 1.54) is 0 Å². The highest BCUT2D eigenvalue weighted by molar-refractivity contribution is 5.79. The molecule has 0 aromatic rings. The number of hydrogen-bond acceptors (Lipinski definition) is 2. The Hall–Kier alpha value is -1.06. The summed E-state index contributed by atoms with van der Waals surface area (Å²) in [6, 6.07) is 0. The maximum absolute atomic E-state index is 12.2. The van der Waals surface area contributed by atoms with Crippen LogP contribution in [0.5, 0.6) is 0 Å². The lowest BCUT2D eigenvalue weighted by molar-refractivity contribution is -0.143. The molecule has 0 saturated carbocycles. The molecule has 0 radical (unpaired) electrons. The molecule has 100 valence electrons. The molecule has 0 bridgehead atoms. The molecule has 2 unspecified atom stereocenters. The van der Waals surface area contributed by atoms with Gasteiger partial charge in [-0.1, -0.05) is 34.1 Å². The summed E-state index contributed by atoms with van der Waals surface area (Å²) in [7, 11) is 1.69. The molecule has 1 amide bonds. The molecule has 0 saturated heterocycles. The lowest BCUT2D eigenvalue weighted by Crippen LogP contribution is -2.39. The Balaban J connectivity index is 4.49. The van der Waals surface area contributed by atoms with Crippen LogP contribution in [0.1, 0.15) is 40.5 Å². The second-order valence-electron chi connectivity index (χ2n) is 5.10. The minimum atomic E-state index is -0.860. The first kappa shape index (κ1) is 15.9. The molecule has 0 fully saturated rings. The van der Waals surface area contributed by atoms with Crippen LogP contribution in [0, 0.1) is 17.8 Å². The summed E-state index contributed by atoms with van der Waals surface area (Å²) in [4.78, 5) is 24.5. The van der Waals surface area contributed by atoms with Crippen molar-refractivity contribution in [1.29, 1.82) is 0 Å². The smallest absolute Gasteiger partial charge is 0.308 e. The standard InChI is InChI=1S/C13H25NO3/c1-6-7-11(9(2)3)12(15)14(5)8-10(4)13(16)17/h9-11H,6-8H2,1-5H3,(H,16,17). The zero-order chi connectivity index (χ0) is 13.6. The van der Waals surface area contributed by atoms with E-state index in [0.717, 1.165) is 12.8 Å². The molecule has 0 heterocycles. The van der Waals surface area contributed by atoms with Gasteiger partial charge in [0.25, 0.3) is 0 Å². The third-order valence-corrected chi connectivity index (χ3v) is 3.07. The van der Waals surface area contributed by atoms with E-state index >= 15 is 0 Å². The summed E-state index contributed by atoms with van der Waals surface area (Å²) in [5.41, 5.74) is 0. The molecule has 0 aliphatic heterocycles. The van der Waals surface area contributed by atoms with Crippen molar-refractivity contribution in [3.8, 4) is 0 Å². The Kier molecular flexibility index (Phi) is 6.85. The van der Waals surface area contributed by atoms with Gasteiger partial charge in [0.2, 0.25) is 5.91 Å². The SMILES string of the molecule is CCCC(C(=O)N(C)CC(C)C(=O)O)C(C)C. The Bertz CT molecular complexity index is 263. The fourth-order valence-corrected chi connectivity index (χ4v) is 1.91. The monoisotopic (exact) mass is 243 g/mol. The van der Waals surface area contributed by atoms with E-state index in [1.807, 2.05) is 13.8 Å². The minimum Gasteiger partial charge on any atom is -0.481 e. The molecule has 0 aromatic heterocycles. The number of carboxylic acid groups (broad SMARTS) is 1. The van der Waals surface area contributed by atoms with Crippen LogP contribution in [0.4, 0.5) is 0 Å². The van der Waals surface area contributed by atoms with Crippen molar-refractivity contribution in [3.63, 3.8) is 0 Å². The average Bonchev–Trinajstić information content (AvgIpc) is 2.24. The fourth-order valence-electron chi connectivity index (χ4n) is 1.91. The van der Waals surface area contributed by atoms with Crippen molar-refractivity contribution in [3.05, 3.63) is 0 Å². The predicted octanol–water partition coefficient (Wildman–Crippen LogP) is 2.24. The number of carboxylic acids is 1. The van der Waals surface area contributed by atoms with Crippen LogP contribution in [0.2, 0.25) is 0 Å². The van der Waals surface area contributed by atoms with Gasteiger partial charge in [-0.25, -0.2) is 0 Å².